The summed E-state index contributed by atoms with van der Waals surface area (Å²) in [5, 5.41) is 0. The Kier molecular flexibility index (Phi) is 8.69. The van der Waals surface area contributed by atoms with Crippen molar-refractivity contribution >= 4 is 26.0 Å². The zero-order valence-electron chi connectivity index (χ0n) is 9.33. The minimum atomic E-state index is -3.10. The third-order valence-corrected chi connectivity index (χ3v) is 3.79. The highest BCUT2D eigenvalue weighted by atomic mass is 79.9. The van der Waals surface area contributed by atoms with Gasteiger partial charge in [0.1, 0.15) is 0 Å². The number of hydrogen-bond donors (Lipinski definition) is 1. The van der Waals surface area contributed by atoms with Crippen molar-refractivity contribution in [1.29, 1.82) is 0 Å². The lowest BCUT2D eigenvalue weighted by molar-refractivity contribution is 0.199. The lowest BCUT2D eigenvalue weighted by Gasteiger charge is -2.07. The van der Waals surface area contributed by atoms with E-state index in [9.17, 15) is 8.42 Å². The maximum Gasteiger partial charge on any atom is 0.211 e. The van der Waals surface area contributed by atoms with Crippen molar-refractivity contribution in [3.63, 3.8) is 0 Å². The Morgan fingerprint density at radius 2 is 2.07 bits per heavy atom. The van der Waals surface area contributed by atoms with Crippen molar-refractivity contribution in [2.45, 2.75) is 31.0 Å². The molecule has 0 rings (SSSR count). The summed E-state index contributed by atoms with van der Waals surface area (Å²) >= 11 is 3.41. The zero-order valence-corrected chi connectivity index (χ0v) is 11.7. The van der Waals surface area contributed by atoms with Gasteiger partial charge in [0.25, 0.3) is 0 Å². The van der Waals surface area contributed by atoms with Crippen LogP contribution < -0.4 is 4.72 Å². The molecule has 0 aliphatic heterocycles. The molecular formula is C9H20BrNO3S. The highest BCUT2D eigenvalue weighted by molar-refractivity contribution is 9.09. The van der Waals surface area contributed by atoms with E-state index in [0.29, 0.717) is 24.4 Å². The standard InChI is InChI=1S/C9H20BrNO3S/c1-9(10)5-3-6-11-15(12,13)8-4-7-14-2/h9,11H,3-8H2,1-2H3. The molecule has 0 saturated carbocycles. The van der Waals surface area contributed by atoms with Crippen LogP contribution in [0.3, 0.4) is 0 Å². The van der Waals surface area contributed by atoms with Gasteiger partial charge >= 0.3 is 0 Å². The molecule has 0 aromatic rings. The summed E-state index contributed by atoms with van der Waals surface area (Å²) in [6.45, 7) is 3.05. The molecular weight excluding hydrogens is 282 g/mol. The van der Waals surface area contributed by atoms with Crippen molar-refractivity contribution < 1.29 is 13.2 Å². The SMILES string of the molecule is COCCCS(=O)(=O)NCCCC(C)Br. The summed E-state index contributed by atoms with van der Waals surface area (Å²) in [7, 11) is -1.53. The molecule has 15 heavy (non-hydrogen) atoms. The van der Waals surface area contributed by atoms with E-state index in [-0.39, 0.29) is 5.75 Å². The fourth-order valence-corrected chi connectivity index (χ4v) is 2.50. The van der Waals surface area contributed by atoms with Gasteiger partial charge in [0.2, 0.25) is 10.0 Å². The fourth-order valence-electron chi connectivity index (χ4n) is 1.08. The molecule has 1 atom stereocenters. The van der Waals surface area contributed by atoms with Crippen LogP contribution in [0.4, 0.5) is 0 Å². The molecule has 0 heterocycles. The van der Waals surface area contributed by atoms with Crippen LogP contribution in [-0.4, -0.2) is 39.3 Å². The zero-order chi connectivity index (χ0) is 11.7. The van der Waals surface area contributed by atoms with Gasteiger partial charge in [-0.05, 0) is 19.3 Å². The van der Waals surface area contributed by atoms with Crippen molar-refractivity contribution in [2.75, 3.05) is 26.0 Å². The summed E-state index contributed by atoms with van der Waals surface area (Å²) < 4.78 is 30.1. The molecule has 0 spiro atoms. The average Bonchev–Trinajstić information content (AvgIpc) is 2.13. The molecule has 0 fully saturated rings. The Labute approximate surface area is 101 Å². The molecule has 92 valence electrons. The molecule has 0 bridgehead atoms. The molecule has 0 aliphatic rings. The Morgan fingerprint density at radius 1 is 1.40 bits per heavy atom. The van der Waals surface area contributed by atoms with Crippen molar-refractivity contribution in [3.8, 4) is 0 Å². The van der Waals surface area contributed by atoms with Gasteiger partial charge in [0.15, 0.2) is 0 Å². The second kappa shape index (κ2) is 8.50. The van der Waals surface area contributed by atoms with Crippen molar-refractivity contribution in [2.24, 2.45) is 0 Å². The minimum absolute atomic E-state index is 0.144. The fraction of sp³-hybridized carbons (Fsp3) is 1.00. The normalized spacial score (nSPS) is 14.1. The van der Waals surface area contributed by atoms with Gasteiger partial charge in [-0.2, -0.15) is 0 Å². The number of rotatable bonds is 9. The van der Waals surface area contributed by atoms with E-state index in [2.05, 4.69) is 20.7 Å². The third-order valence-electron chi connectivity index (χ3n) is 1.86. The Morgan fingerprint density at radius 3 is 2.60 bits per heavy atom. The van der Waals surface area contributed by atoms with Crippen LogP contribution in [0.2, 0.25) is 0 Å². The summed E-state index contributed by atoms with van der Waals surface area (Å²) in [6, 6.07) is 0. The number of ether oxygens (including phenoxy) is 1. The lowest BCUT2D eigenvalue weighted by Crippen LogP contribution is -2.28. The van der Waals surface area contributed by atoms with Gasteiger partial charge < -0.3 is 4.74 Å². The number of alkyl halides is 1. The number of methoxy groups -OCH3 is 1. The van der Waals surface area contributed by atoms with Crippen LogP contribution in [0.15, 0.2) is 0 Å². The summed E-state index contributed by atoms with van der Waals surface area (Å²) in [5.74, 6) is 0.144. The molecule has 0 saturated heterocycles. The summed E-state index contributed by atoms with van der Waals surface area (Å²) in [6.07, 6.45) is 2.37. The van der Waals surface area contributed by atoms with Crippen LogP contribution >= 0.6 is 15.9 Å². The second-order valence-corrected chi connectivity index (χ2v) is 6.97. The van der Waals surface area contributed by atoms with Crippen molar-refractivity contribution in [1.82, 2.24) is 4.72 Å². The molecule has 0 amide bonds. The average molecular weight is 302 g/mol. The van der Waals surface area contributed by atoms with Crippen molar-refractivity contribution in [3.05, 3.63) is 0 Å². The molecule has 0 aliphatic carbocycles. The Hall–Kier alpha value is 0.350. The lowest BCUT2D eigenvalue weighted by atomic mass is 10.2. The van der Waals surface area contributed by atoms with Gasteiger partial charge in [0.05, 0.1) is 5.75 Å². The van der Waals surface area contributed by atoms with E-state index in [4.69, 9.17) is 4.74 Å². The molecule has 1 unspecified atom stereocenters. The summed E-state index contributed by atoms with van der Waals surface area (Å²) in [4.78, 5) is 0.440. The maximum absolute atomic E-state index is 11.4. The van der Waals surface area contributed by atoms with Gasteiger partial charge in [-0.25, -0.2) is 13.1 Å². The number of nitrogens with one attached hydrogen (secondary N) is 1. The topological polar surface area (TPSA) is 55.4 Å². The van der Waals surface area contributed by atoms with Gasteiger partial charge in [-0.3, -0.25) is 0 Å². The molecule has 6 heteroatoms. The number of sulfonamides is 1. The van der Waals surface area contributed by atoms with Crippen LogP contribution in [0.1, 0.15) is 26.2 Å². The van der Waals surface area contributed by atoms with Crippen LogP contribution in [0, 0.1) is 0 Å². The van der Waals surface area contributed by atoms with E-state index in [1.165, 1.54) is 0 Å². The predicted molar refractivity (Wildman–Crippen MR) is 65.9 cm³/mol. The second-order valence-electron chi connectivity index (χ2n) is 3.48. The maximum atomic E-state index is 11.4. The van der Waals surface area contributed by atoms with E-state index < -0.39 is 10.0 Å². The number of halogens is 1. The van der Waals surface area contributed by atoms with E-state index in [0.717, 1.165) is 12.8 Å². The van der Waals surface area contributed by atoms with Gasteiger partial charge in [0, 0.05) is 25.1 Å². The first-order valence-electron chi connectivity index (χ1n) is 5.08. The van der Waals surface area contributed by atoms with E-state index in [1.54, 1.807) is 7.11 Å². The Balaban J connectivity index is 3.56. The van der Waals surface area contributed by atoms with E-state index in [1.807, 2.05) is 6.92 Å². The molecule has 0 radical (unpaired) electrons. The van der Waals surface area contributed by atoms with E-state index >= 15 is 0 Å². The third kappa shape index (κ3) is 10.6. The molecule has 4 nitrogen and oxygen atoms in total. The van der Waals surface area contributed by atoms with Crippen LogP contribution in [0.25, 0.3) is 0 Å². The molecule has 0 aromatic carbocycles. The van der Waals surface area contributed by atoms with Crippen LogP contribution in [0.5, 0.6) is 0 Å². The first kappa shape index (κ1) is 15.3. The van der Waals surface area contributed by atoms with Gasteiger partial charge in [-0.1, -0.05) is 22.9 Å². The quantitative estimate of drug-likeness (QED) is 0.519. The molecule has 0 aromatic heterocycles. The first-order valence-corrected chi connectivity index (χ1v) is 7.65. The first-order chi connectivity index (χ1) is 6.98. The largest absolute Gasteiger partial charge is 0.385 e. The highest BCUT2D eigenvalue weighted by Gasteiger charge is 2.08. The minimum Gasteiger partial charge on any atom is -0.385 e. The highest BCUT2D eigenvalue weighted by Crippen LogP contribution is 2.05. The Bertz CT molecular complexity index is 242. The smallest absolute Gasteiger partial charge is 0.211 e. The summed E-state index contributed by atoms with van der Waals surface area (Å²) in [5.41, 5.74) is 0. The molecule has 1 N–H and O–H groups in total. The predicted octanol–water partition coefficient (Wildman–Crippen LogP) is 1.51. The number of hydrogen-bond acceptors (Lipinski definition) is 3. The monoisotopic (exact) mass is 301 g/mol. The van der Waals surface area contributed by atoms with Gasteiger partial charge in [-0.15, -0.1) is 0 Å². The van der Waals surface area contributed by atoms with Crippen LogP contribution in [-0.2, 0) is 14.8 Å².